The first-order valence-electron chi connectivity index (χ1n) is 44.3. The van der Waals surface area contributed by atoms with Gasteiger partial charge in [-0.1, -0.05) is 359 Å². The van der Waals surface area contributed by atoms with Crippen LogP contribution < -0.4 is 21.3 Å². The Morgan fingerprint density at radius 1 is 0.218 bits per heavy atom. The van der Waals surface area contributed by atoms with Crippen LogP contribution in [0, 0.1) is 0 Å². The van der Waals surface area contributed by atoms with Crippen LogP contribution in [0.5, 0.6) is 0 Å². The molecule has 16 nitrogen and oxygen atoms in total. The summed E-state index contributed by atoms with van der Waals surface area (Å²) in [5.74, 6) is -1.10. The summed E-state index contributed by atoms with van der Waals surface area (Å²) in [4.78, 5) is 119. The molecular formula is C86H156N8O8S8. The molecule has 0 radical (unpaired) electrons. The Kier molecular flexibility index (Phi) is 69.1. The van der Waals surface area contributed by atoms with Gasteiger partial charge in [0.1, 0.15) is 0 Å². The zero-order valence-corrected chi connectivity index (χ0v) is 77.1. The van der Waals surface area contributed by atoms with Crippen LogP contribution in [-0.4, -0.2) is 168 Å². The molecule has 0 unspecified atom stereocenters. The van der Waals surface area contributed by atoms with Gasteiger partial charge in [-0.15, -0.1) is 47.0 Å². The van der Waals surface area contributed by atoms with Crippen molar-refractivity contribution in [1.29, 1.82) is 0 Å². The van der Waals surface area contributed by atoms with E-state index in [0.29, 0.717) is 52.4 Å². The summed E-state index contributed by atoms with van der Waals surface area (Å²) in [7, 11) is 0. The third-order valence-corrected chi connectivity index (χ3v) is 31.6. The van der Waals surface area contributed by atoms with Crippen molar-refractivity contribution in [3.63, 3.8) is 0 Å². The second-order valence-corrected chi connectivity index (χ2v) is 39.6. The average molecular weight is 1690 g/mol. The molecule has 0 bridgehead atoms. The number of rotatable bonds is 76. The highest BCUT2D eigenvalue weighted by atomic mass is 32.3. The maximum Gasteiger partial charge on any atom is 0.241 e. The van der Waals surface area contributed by atoms with Gasteiger partial charge >= 0.3 is 0 Å². The van der Waals surface area contributed by atoms with Crippen LogP contribution in [0.4, 0.5) is 0 Å². The maximum absolute atomic E-state index is 13.9. The molecule has 2 heterocycles. The molecule has 0 aromatic rings. The highest BCUT2D eigenvalue weighted by Gasteiger charge is 2.33. The topological polar surface area (TPSA) is 198 Å². The van der Waals surface area contributed by atoms with Gasteiger partial charge in [-0.2, -0.15) is 0 Å². The van der Waals surface area contributed by atoms with E-state index in [-0.39, 0.29) is 96.4 Å². The molecule has 24 heteroatoms. The Bertz CT molecular complexity index is 2170. The lowest BCUT2D eigenvalue weighted by atomic mass is 10.1. The zero-order chi connectivity index (χ0) is 80.1. The van der Waals surface area contributed by atoms with Crippen LogP contribution in [0.3, 0.4) is 0 Å². The second-order valence-electron chi connectivity index (χ2n) is 30.1. The number of nitrogens with one attached hydrogen (secondary N) is 4. The van der Waals surface area contributed by atoms with Crippen molar-refractivity contribution >= 4 is 141 Å². The average Bonchev–Trinajstić information content (AvgIpc) is 1.66. The van der Waals surface area contributed by atoms with Gasteiger partial charge in [0.05, 0.1) is 74.6 Å². The molecule has 636 valence electrons. The summed E-state index contributed by atoms with van der Waals surface area (Å²) >= 11 is 11.6. The SMILES string of the molecule is CCCCCCCCN(CCCCCCCC)C(=O)CNC(=O)CSC1=C(SCC(=O)NCC(=O)N(CCCCCCCC)CCCCCCCC)SC(=C2SC(SCC(=O)NCC(=O)N(CCCCCCCC)CCCCCCCC)=C(SCC(=O)NCC(=O)N(CCCCCCCC)CCCCCCCC)S2)S1. The van der Waals surface area contributed by atoms with Gasteiger partial charge < -0.3 is 40.9 Å². The number of unbranched alkanes of at least 4 members (excludes halogenated alkanes) is 40. The molecule has 0 aliphatic carbocycles. The van der Waals surface area contributed by atoms with Crippen LogP contribution in [0.2, 0.25) is 0 Å². The van der Waals surface area contributed by atoms with E-state index in [1.807, 2.05) is 19.6 Å². The molecule has 2 aliphatic rings. The Labute approximate surface area is 705 Å². The maximum atomic E-state index is 13.9. The number of hydrogen-bond donors (Lipinski definition) is 4. The number of amides is 8. The van der Waals surface area contributed by atoms with Crippen molar-refractivity contribution in [3.8, 4) is 0 Å². The third-order valence-electron chi connectivity index (χ3n) is 20.0. The normalized spacial score (nSPS) is 12.9. The smallest absolute Gasteiger partial charge is 0.241 e. The lowest BCUT2D eigenvalue weighted by Gasteiger charge is -2.23. The summed E-state index contributed by atoms with van der Waals surface area (Å²) < 4.78 is 5.25. The molecule has 0 saturated carbocycles. The fraction of sp³-hybridized carbons (Fsp3) is 0.837. The summed E-state index contributed by atoms with van der Waals surface area (Å²) in [6.45, 7) is 22.9. The Hall–Kier alpha value is -2.22. The molecule has 4 N–H and O–H groups in total. The highest BCUT2D eigenvalue weighted by Crippen LogP contribution is 2.66. The Balaban J connectivity index is 2.51. The molecule has 2 aliphatic heterocycles. The van der Waals surface area contributed by atoms with E-state index in [4.69, 9.17) is 0 Å². The number of nitrogens with zero attached hydrogens (tertiary/aromatic N) is 4. The number of thioether (sulfide) groups is 8. The molecule has 110 heavy (non-hydrogen) atoms. The van der Waals surface area contributed by atoms with Gasteiger partial charge in [-0.25, -0.2) is 0 Å². The fourth-order valence-electron chi connectivity index (χ4n) is 13.0. The van der Waals surface area contributed by atoms with Crippen molar-refractivity contribution in [2.24, 2.45) is 0 Å². The standard InChI is InChI=1S/C86H156N8O8S8/c1-9-17-25-33-41-49-57-91(58-50-42-34-26-18-10-2)77(99)65-87-73(95)69-103-81-82(104-70-74(96)88-66-78(100)92(59-51-43-35-27-19-11-3)60-52-44-36-28-20-12-4)108-85(107-81)86-109-83(105-71-75(97)89-67-79(101)93(61-53-45-37-29-21-13-5)62-54-46-38-30-22-14-6)84(110-86)106-72-76(98)90-68-80(102)94(63-55-47-39-31-23-15-7)64-56-48-40-32-24-16-8/h9-72H2,1-8H3,(H,87,95)(H,88,96)(H,89,97)(H,90,98). The Morgan fingerprint density at radius 2 is 0.355 bits per heavy atom. The summed E-state index contributed by atoms with van der Waals surface area (Å²) in [5, 5.41) is 11.9. The third kappa shape index (κ3) is 54.6. The van der Waals surface area contributed by atoms with E-state index in [1.165, 1.54) is 248 Å². The van der Waals surface area contributed by atoms with Crippen molar-refractivity contribution in [3.05, 3.63) is 25.4 Å². The summed E-state index contributed by atoms with van der Waals surface area (Å²) in [5.41, 5.74) is 0. The minimum atomic E-state index is -0.260. The monoisotopic (exact) mass is 1680 g/mol. The largest absolute Gasteiger partial charge is 0.346 e. The molecule has 0 fully saturated rings. The highest BCUT2D eigenvalue weighted by molar-refractivity contribution is 8.45. The molecular weight excluding hydrogens is 1530 g/mol. The second kappa shape index (κ2) is 73.2. The predicted octanol–water partition coefficient (Wildman–Crippen LogP) is 22.9. The van der Waals surface area contributed by atoms with Gasteiger partial charge in [-0.05, 0) is 51.4 Å². The molecule has 0 spiro atoms. The van der Waals surface area contributed by atoms with E-state index in [0.717, 1.165) is 180 Å². The van der Waals surface area contributed by atoms with Crippen LogP contribution in [0.25, 0.3) is 0 Å². The van der Waals surface area contributed by atoms with Gasteiger partial charge in [0, 0.05) is 52.4 Å². The van der Waals surface area contributed by atoms with E-state index >= 15 is 0 Å². The number of hydrogen-bond acceptors (Lipinski definition) is 16. The van der Waals surface area contributed by atoms with Crippen molar-refractivity contribution < 1.29 is 38.4 Å². The van der Waals surface area contributed by atoms with Crippen molar-refractivity contribution in [1.82, 2.24) is 40.9 Å². The summed E-state index contributed by atoms with van der Waals surface area (Å²) in [6, 6.07) is 0. The molecule has 0 atom stereocenters. The Morgan fingerprint density at radius 3 is 0.500 bits per heavy atom. The molecule has 0 aromatic carbocycles. The van der Waals surface area contributed by atoms with Gasteiger partial charge in [0.15, 0.2) is 0 Å². The summed E-state index contributed by atoms with van der Waals surface area (Å²) in [6.07, 6.45) is 54.3. The van der Waals surface area contributed by atoms with E-state index in [1.54, 1.807) is 0 Å². The molecule has 2 rings (SSSR count). The van der Waals surface area contributed by atoms with Crippen molar-refractivity contribution in [2.45, 2.75) is 364 Å². The number of carbonyl (C=O) groups is 8. The lowest BCUT2D eigenvalue weighted by Crippen LogP contribution is -2.41. The minimum Gasteiger partial charge on any atom is -0.346 e. The van der Waals surface area contributed by atoms with Crippen LogP contribution in [0.1, 0.15) is 364 Å². The molecule has 8 amide bonds. The fourth-order valence-corrected chi connectivity index (χ4v) is 24.3. The van der Waals surface area contributed by atoms with Gasteiger partial charge in [0.2, 0.25) is 47.3 Å². The quantitative estimate of drug-likeness (QED) is 0.0419. The van der Waals surface area contributed by atoms with Crippen LogP contribution in [-0.2, 0) is 38.4 Å². The van der Waals surface area contributed by atoms with Crippen molar-refractivity contribution in [2.75, 3.05) is 102 Å². The van der Waals surface area contributed by atoms with Gasteiger partial charge in [0.25, 0.3) is 0 Å². The first kappa shape index (κ1) is 104. The van der Waals surface area contributed by atoms with E-state index in [2.05, 4.69) is 76.7 Å². The number of carbonyl (C=O) groups excluding carboxylic acids is 8. The van der Waals surface area contributed by atoms with E-state index < -0.39 is 0 Å². The molecule has 0 aromatic heterocycles. The first-order valence-corrected chi connectivity index (χ1v) is 51.5. The van der Waals surface area contributed by atoms with E-state index in [9.17, 15) is 38.4 Å². The predicted molar refractivity (Wildman–Crippen MR) is 487 cm³/mol. The van der Waals surface area contributed by atoms with Crippen LogP contribution in [0.15, 0.2) is 25.4 Å². The van der Waals surface area contributed by atoms with Gasteiger partial charge in [-0.3, -0.25) is 38.4 Å². The zero-order valence-electron chi connectivity index (χ0n) is 70.6. The van der Waals surface area contributed by atoms with Crippen LogP contribution >= 0.6 is 94.1 Å². The first-order chi connectivity index (χ1) is 53.7. The lowest BCUT2D eigenvalue weighted by molar-refractivity contribution is -0.132. The minimum absolute atomic E-state index is 0.0487. The molecule has 0 saturated heterocycles.